The van der Waals surface area contributed by atoms with E-state index in [1.54, 1.807) is 0 Å². The van der Waals surface area contributed by atoms with Crippen LogP contribution in [0.2, 0.25) is 0 Å². The van der Waals surface area contributed by atoms with Crippen molar-refractivity contribution < 1.29 is 8.83 Å². The molecule has 0 N–H and O–H groups in total. The number of benzene rings is 6. The normalized spacial score (nSPS) is 20.9. The second-order valence-corrected chi connectivity index (χ2v) is 20.5. The minimum atomic E-state index is -0.121. The number of rotatable bonds is 1. The molecule has 2 atom stereocenters. The smallest absolute Gasteiger partial charge is 0.333 e. The molecule has 6 aromatic carbocycles. The van der Waals surface area contributed by atoms with Crippen LogP contribution in [0, 0.1) is 6.92 Å². The van der Waals surface area contributed by atoms with Gasteiger partial charge in [-0.3, -0.25) is 0 Å². The highest BCUT2D eigenvalue weighted by atomic mass is 16.3. The van der Waals surface area contributed by atoms with E-state index in [0.29, 0.717) is 0 Å². The standard InChI is InChI=1S/C53H51BN2O2/c1-30-24-31(50(2,3)4)20-21-40(30)56-41-29-44-36(33-16-10-12-18-42(33)57-44)27-35(41)37-28-45-46(34-17-11-13-19-43(34)58-45)49-47(37)54(56)39-26-32(51(5,6)7)25-38-48(39)55(49)53(9)23-15-14-22-52(38,53)8/h10-13,16-21,24-29H,14-15,22-23H2,1-9H3. The summed E-state index contributed by atoms with van der Waals surface area (Å²) in [5.74, 6) is 0. The molecule has 5 heteroatoms. The van der Waals surface area contributed by atoms with Gasteiger partial charge in [-0.2, -0.15) is 0 Å². The molecule has 0 spiro atoms. The molecular weight excluding hydrogens is 707 g/mol. The number of aryl methyl sites for hydroxylation is 1. The molecule has 288 valence electrons. The molecule has 4 nitrogen and oxygen atoms in total. The van der Waals surface area contributed by atoms with Crippen molar-refractivity contribution in [3.8, 4) is 11.1 Å². The van der Waals surface area contributed by atoms with Crippen molar-refractivity contribution in [3.05, 3.63) is 119 Å². The van der Waals surface area contributed by atoms with Crippen molar-refractivity contribution in [1.82, 2.24) is 0 Å². The van der Waals surface area contributed by atoms with Crippen molar-refractivity contribution in [2.45, 2.75) is 110 Å². The Morgan fingerprint density at radius 3 is 2.03 bits per heavy atom. The van der Waals surface area contributed by atoms with E-state index in [1.807, 2.05) is 0 Å². The summed E-state index contributed by atoms with van der Waals surface area (Å²) in [6.07, 6.45) is 4.80. The highest BCUT2D eigenvalue weighted by Crippen LogP contribution is 2.64. The molecule has 2 unspecified atom stereocenters. The van der Waals surface area contributed by atoms with Crippen LogP contribution in [0.5, 0.6) is 0 Å². The van der Waals surface area contributed by atoms with Gasteiger partial charge in [-0.1, -0.05) is 122 Å². The molecule has 1 fully saturated rings. The first-order chi connectivity index (χ1) is 27.7. The number of para-hydroxylation sites is 2. The third-order valence-corrected chi connectivity index (χ3v) is 15.2. The van der Waals surface area contributed by atoms with Gasteiger partial charge in [-0.05, 0) is 107 Å². The van der Waals surface area contributed by atoms with Crippen molar-refractivity contribution in [1.29, 1.82) is 0 Å². The zero-order chi connectivity index (χ0) is 39.8. The Morgan fingerprint density at radius 2 is 1.29 bits per heavy atom. The van der Waals surface area contributed by atoms with E-state index < -0.39 is 0 Å². The summed E-state index contributed by atoms with van der Waals surface area (Å²) in [6.45, 7) is 21.5. The lowest BCUT2D eigenvalue weighted by Crippen LogP contribution is -2.65. The average Bonchev–Trinajstić information content (AvgIpc) is 3.81. The summed E-state index contributed by atoms with van der Waals surface area (Å²) in [5.41, 5.74) is 19.6. The third kappa shape index (κ3) is 4.22. The van der Waals surface area contributed by atoms with Gasteiger partial charge in [-0.25, -0.2) is 0 Å². The van der Waals surface area contributed by atoms with Crippen LogP contribution in [0.1, 0.15) is 103 Å². The van der Waals surface area contributed by atoms with Gasteiger partial charge in [0.15, 0.2) is 0 Å². The zero-order valence-electron chi connectivity index (χ0n) is 35.4. The Morgan fingerprint density at radius 1 is 0.603 bits per heavy atom. The van der Waals surface area contributed by atoms with E-state index in [4.69, 9.17) is 8.83 Å². The van der Waals surface area contributed by atoms with Crippen LogP contribution >= 0.6 is 0 Å². The molecule has 2 aromatic heterocycles. The fourth-order valence-electron chi connectivity index (χ4n) is 11.9. The quantitative estimate of drug-likeness (QED) is 0.156. The summed E-state index contributed by atoms with van der Waals surface area (Å²) >= 11 is 0. The number of anilines is 4. The molecule has 0 radical (unpaired) electrons. The second-order valence-electron chi connectivity index (χ2n) is 20.5. The molecule has 1 saturated carbocycles. The summed E-state index contributed by atoms with van der Waals surface area (Å²) in [7, 11) is 0. The van der Waals surface area contributed by atoms with Crippen molar-refractivity contribution in [3.63, 3.8) is 0 Å². The number of nitrogens with zero attached hydrogens (tertiary/aromatic N) is 2. The number of hydrogen-bond donors (Lipinski definition) is 0. The van der Waals surface area contributed by atoms with Gasteiger partial charge in [0, 0.05) is 50.3 Å². The largest absolute Gasteiger partial charge is 0.456 e. The first-order valence-electron chi connectivity index (χ1n) is 21.5. The minimum Gasteiger partial charge on any atom is -0.456 e. The third-order valence-electron chi connectivity index (χ3n) is 15.2. The van der Waals surface area contributed by atoms with Gasteiger partial charge in [0.25, 0.3) is 0 Å². The van der Waals surface area contributed by atoms with Gasteiger partial charge in [0.2, 0.25) is 0 Å². The Balaban J connectivity index is 1.30. The lowest BCUT2D eigenvalue weighted by molar-refractivity contribution is 0.195. The highest BCUT2D eigenvalue weighted by molar-refractivity contribution is 6.94. The van der Waals surface area contributed by atoms with Gasteiger partial charge >= 0.3 is 6.85 Å². The van der Waals surface area contributed by atoms with Crippen LogP contribution in [0.4, 0.5) is 22.7 Å². The molecule has 0 amide bonds. The minimum absolute atomic E-state index is 0.0284. The van der Waals surface area contributed by atoms with Gasteiger partial charge < -0.3 is 18.5 Å². The lowest BCUT2D eigenvalue weighted by atomic mass is 9.42. The maximum atomic E-state index is 6.95. The number of hydrogen-bond acceptors (Lipinski definition) is 4. The average molecular weight is 759 g/mol. The van der Waals surface area contributed by atoms with E-state index >= 15 is 0 Å². The van der Waals surface area contributed by atoms with Crippen LogP contribution in [0.15, 0.2) is 106 Å². The van der Waals surface area contributed by atoms with Crippen LogP contribution < -0.4 is 20.6 Å². The summed E-state index contributed by atoms with van der Waals surface area (Å²) in [4.78, 5) is 5.57. The first kappa shape index (κ1) is 34.6. The first-order valence-corrected chi connectivity index (χ1v) is 21.5. The van der Waals surface area contributed by atoms with Crippen LogP contribution in [0.3, 0.4) is 0 Å². The van der Waals surface area contributed by atoms with Crippen LogP contribution in [0.25, 0.3) is 55.0 Å². The van der Waals surface area contributed by atoms with E-state index in [0.717, 1.165) is 39.5 Å². The lowest BCUT2D eigenvalue weighted by Gasteiger charge is -2.53. The molecule has 12 rings (SSSR count). The molecule has 8 aromatic rings. The molecule has 0 bridgehead atoms. The molecule has 5 heterocycles. The Labute approximate surface area is 341 Å². The van der Waals surface area contributed by atoms with E-state index in [-0.39, 0.29) is 28.6 Å². The van der Waals surface area contributed by atoms with Gasteiger partial charge in [0.1, 0.15) is 22.3 Å². The van der Waals surface area contributed by atoms with Crippen molar-refractivity contribution in [2.75, 3.05) is 9.71 Å². The monoisotopic (exact) mass is 758 g/mol. The fraction of sp³-hybridized carbons (Fsp3) is 0.321. The number of fused-ring (bicyclic) bond motifs is 14. The summed E-state index contributed by atoms with van der Waals surface area (Å²) in [5, 5.41) is 4.73. The van der Waals surface area contributed by atoms with Crippen LogP contribution in [-0.2, 0) is 16.2 Å². The Kier molecular flexibility index (Phi) is 6.56. The van der Waals surface area contributed by atoms with E-state index in [2.05, 4.69) is 169 Å². The van der Waals surface area contributed by atoms with Crippen LogP contribution in [-0.4, -0.2) is 12.4 Å². The maximum Gasteiger partial charge on any atom is 0.333 e. The van der Waals surface area contributed by atoms with E-state index in [1.165, 1.54) is 97.1 Å². The van der Waals surface area contributed by atoms with Gasteiger partial charge in [-0.15, -0.1) is 0 Å². The number of furan rings is 2. The SMILES string of the molecule is Cc1cc(C(C)(C)C)ccc1N1B2c3cc(C(C)(C)C)cc4c3N(c3c2c(cc2oc5ccccc5c32)-c2cc3c(cc21)oc1ccccc13)C1(C)CCCCC41C. The zero-order valence-corrected chi connectivity index (χ0v) is 35.4. The van der Waals surface area contributed by atoms with Gasteiger partial charge in [0.05, 0.1) is 16.6 Å². The Bertz CT molecular complexity index is 3120. The maximum absolute atomic E-state index is 6.95. The molecular formula is C53H51BN2O2. The summed E-state index contributed by atoms with van der Waals surface area (Å²) < 4.78 is 13.7. The predicted octanol–water partition coefficient (Wildman–Crippen LogP) is 13.4. The second kappa shape index (κ2) is 11.0. The molecule has 4 aliphatic rings. The molecule has 1 aliphatic carbocycles. The van der Waals surface area contributed by atoms with E-state index in [9.17, 15) is 0 Å². The predicted molar refractivity (Wildman–Crippen MR) is 245 cm³/mol. The highest BCUT2D eigenvalue weighted by Gasteiger charge is 2.62. The fourth-order valence-corrected chi connectivity index (χ4v) is 11.9. The Hall–Kier alpha value is -5.42. The molecule has 3 aliphatic heterocycles. The molecule has 0 saturated heterocycles. The summed E-state index contributed by atoms with van der Waals surface area (Å²) in [6, 6.07) is 36.8. The molecule has 58 heavy (non-hydrogen) atoms. The van der Waals surface area contributed by atoms with Crippen molar-refractivity contribution >= 4 is 84.4 Å². The van der Waals surface area contributed by atoms with Crippen molar-refractivity contribution in [2.24, 2.45) is 0 Å². The topological polar surface area (TPSA) is 32.8 Å².